The fourth-order valence-corrected chi connectivity index (χ4v) is 2.87. The number of nitrogens with zero attached hydrogens (tertiary/aromatic N) is 1. The van der Waals surface area contributed by atoms with Crippen LogP contribution in [0.3, 0.4) is 0 Å². The zero-order valence-electron chi connectivity index (χ0n) is 12.7. The second-order valence-electron chi connectivity index (χ2n) is 5.45. The van der Waals surface area contributed by atoms with Crippen LogP contribution in [0.25, 0.3) is 0 Å². The van der Waals surface area contributed by atoms with E-state index in [9.17, 15) is 0 Å². The lowest BCUT2D eigenvalue weighted by atomic mass is 10.1. The molecule has 0 fully saturated rings. The van der Waals surface area contributed by atoms with Crippen LogP contribution in [0.15, 0.2) is 48.5 Å². The van der Waals surface area contributed by atoms with Crippen LogP contribution in [0.5, 0.6) is 5.75 Å². The maximum absolute atomic E-state index is 5.98. The Balaban J connectivity index is 2.02. The van der Waals surface area contributed by atoms with Crippen LogP contribution in [-0.2, 0) is 6.61 Å². The van der Waals surface area contributed by atoms with Crippen molar-refractivity contribution in [3.63, 3.8) is 0 Å². The average molecular weight is 282 g/mol. The van der Waals surface area contributed by atoms with E-state index in [2.05, 4.69) is 60.5 Å². The Morgan fingerprint density at radius 3 is 2.62 bits per heavy atom. The fraction of sp³-hybridized carbons (Fsp3) is 0.333. The second kappa shape index (κ2) is 6.19. The molecule has 0 aliphatic carbocycles. The zero-order valence-corrected chi connectivity index (χ0v) is 12.7. The van der Waals surface area contributed by atoms with Gasteiger partial charge in [0.1, 0.15) is 12.4 Å². The van der Waals surface area contributed by atoms with Gasteiger partial charge in [-0.1, -0.05) is 37.3 Å². The average Bonchev–Trinajstić information content (AvgIpc) is 2.66. The summed E-state index contributed by atoms with van der Waals surface area (Å²) < 4.78 is 5.98. The lowest BCUT2D eigenvalue weighted by Gasteiger charge is -2.28. The number of ether oxygens (including phenoxy) is 1. The van der Waals surface area contributed by atoms with Gasteiger partial charge in [0, 0.05) is 23.8 Å². The molecule has 0 aromatic heterocycles. The van der Waals surface area contributed by atoms with E-state index in [4.69, 9.17) is 4.74 Å². The van der Waals surface area contributed by atoms with Gasteiger partial charge in [-0.15, -0.1) is 0 Å². The number of benzene rings is 2. The first kappa shape index (κ1) is 14.0. The summed E-state index contributed by atoms with van der Waals surface area (Å²) in [5.74, 6) is 0.956. The molecule has 0 radical (unpaired) electrons. The smallest absolute Gasteiger partial charge is 0.143 e. The number of anilines is 2. The SMILES string of the molecule is CCNC(C)CN1c2ccccc2COc2ccccc21. The summed E-state index contributed by atoms with van der Waals surface area (Å²) in [6.45, 7) is 6.89. The number of hydrogen-bond acceptors (Lipinski definition) is 3. The molecule has 0 spiro atoms. The summed E-state index contributed by atoms with van der Waals surface area (Å²) in [7, 11) is 0. The number of para-hydroxylation sites is 3. The molecule has 21 heavy (non-hydrogen) atoms. The first-order valence-corrected chi connectivity index (χ1v) is 7.60. The summed E-state index contributed by atoms with van der Waals surface area (Å²) >= 11 is 0. The molecule has 0 bridgehead atoms. The van der Waals surface area contributed by atoms with E-state index in [1.165, 1.54) is 11.3 Å². The van der Waals surface area contributed by atoms with Crippen molar-refractivity contribution >= 4 is 11.4 Å². The number of fused-ring (bicyclic) bond motifs is 2. The van der Waals surface area contributed by atoms with E-state index >= 15 is 0 Å². The van der Waals surface area contributed by atoms with Crippen molar-refractivity contribution < 1.29 is 4.74 Å². The lowest BCUT2D eigenvalue weighted by Crippen LogP contribution is -2.37. The molecule has 0 saturated carbocycles. The summed E-state index contributed by atoms with van der Waals surface area (Å²) in [4.78, 5) is 2.37. The molecule has 2 aromatic carbocycles. The van der Waals surface area contributed by atoms with Gasteiger partial charge in [0.25, 0.3) is 0 Å². The van der Waals surface area contributed by atoms with E-state index in [-0.39, 0.29) is 0 Å². The highest BCUT2D eigenvalue weighted by molar-refractivity contribution is 5.72. The molecule has 0 saturated heterocycles. The fourth-order valence-electron chi connectivity index (χ4n) is 2.87. The van der Waals surface area contributed by atoms with Gasteiger partial charge in [-0.2, -0.15) is 0 Å². The van der Waals surface area contributed by atoms with Crippen LogP contribution in [0.2, 0.25) is 0 Å². The molecule has 3 nitrogen and oxygen atoms in total. The van der Waals surface area contributed by atoms with Crippen LogP contribution in [0.4, 0.5) is 11.4 Å². The molecular weight excluding hydrogens is 260 g/mol. The number of hydrogen-bond donors (Lipinski definition) is 1. The largest absolute Gasteiger partial charge is 0.487 e. The first-order valence-electron chi connectivity index (χ1n) is 7.60. The van der Waals surface area contributed by atoms with Gasteiger partial charge in [-0.3, -0.25) is 0 Å². The molecule has 1 N–H and O–H groups in total. The van der Waals surface area contributed by atoms with E-state index in [0.717, 1.165) is 24.5 Å². The molecule has 1 atom stereocenters. The Morgan fingerprint density at radius 2 is 1.81 bits per heavy atom. The van der Waals surface area contributed by atoms with Crippen molar-refractivity contribution in [3.05, 3.63) is 54.1 Å². The van der Waals surface area contributed by atoms with Crippen LogP contribution in [-0.4, -0.2) is 19.1 Å². The van der Waals surface area contributed by atoms with Gasteiger partial charge in [0.15, 0.2) is 0 Å². The van der Waals surface area contributed by atoms with Crippen LogP contribution < -0.4 is 15.0 Å². The predicted molar refractivity (Wildman–Crippen MR) is 87.4 cm³/mol. The maximum atomic E-state index is 5.98. The molecule has 110 valence electrons. The second-order valence-corrected chi connectivity index (χ2v) is 5.45. The highest BCUT2D eigenvalue weighted by Crippen LogP contribution is 2.39. The van der Waals surface area contributed by atoms with Crippen molar-refractivity contribution in [2.75, 3.05) is 18.0 Å². The maximum Gasteiger partial charge on any atom is 0.143 e. The van der Waals surface area contributed by atoms with Crippen molar-refractivity contribution in [2.45, 2.75) is 26.5 Å². The Hall–Kier alpha value is -2.00. The van der Waals surface area contributed by atoms with E-state index < -0.39 is 0 Å². The Bertz CT molecular complexity index is 564. The number of rotatable bonds is 4. The topological polar surface area (TPSA) is 24.5 Å². The minimum atomic E-state index is 0.411. The third-order valence-electron chi connectivity index (χ3n) is 3.83. The molecule has 3 rings (SSSR count). The van der Waals surface area contributed by atoms with Gasteiger partial charge < -0.3 is 15.0 Å². The molecule has 1 aliphatic heterocycles. The van der Waals surface area contributed by atoms with E-state index in [0.29, 0.717) is 12.6 Å². The number of likely N-dealkylation sites (N-methyl/N-ethyl adjacent to an activating group) is 1. The Kier molecular flexibility index (Phi) is 4.11. The quantitative estimate of drug-likeness (QED) is 0.925. The van der Waals surface area contributed by atoms with Gasteiger partial charge in [-0.05, 0) is 31.7 Å². The van der Waals surface area contributed by atoms with Crippen LogP contribution in [0.1, 0.15) is 19.4 Å². The van der Waals surface area contributed by atoms with Crippen LogP contribution >= 0.6 is 0 Å². The van der Waals surface area contributed by atoms with Crippen LogP contribution in [0, 0.1) is 0 Å². The highest BCUT2D eigenvalue weighted by atomic mass is 16.5. The molecule has 1 aliphatic rings. The predicted octanol–water partition coefficient (Wildman–Crippen LogP) is 3.72. The van der Waals surface area contributed by atoms with Gasteiger partial charge in [-0.25, -0.2) is 0 Å². The lowest BCUT2D eigenvalue weighted by molar-refractivity contribution is 0.310. The highest BCUT2D eigenvalue weighted by Gasteiger charge is 2.22. The molecule has 3 heteroatoms. The minimum absolute atomic E-state index is 0.411. The summed E-state index contributed by atoms with van der Waals surface area (Å²) in [6.07, 6.45) is 0. The van der Waals surface area contributed by atoms with Gasteiger partial charge in [0.05, 0.1) is 5.69 Å². The summed E-state index contributed by atoms with van der Waals surface area (Å²) in [6, 6.07) is 17.2. The van der Waals surface area contributed by atoms with Crippen molar-refractivity contribution in [1.29, 1.82) is 0 Å². The third kappa shape index (κ3) is 2.88. The number of nitrogens with one attached hydrogen (secondary N) is 1. The Labute approximate surface area is 126 Å². The van der Waals surface area contributed by atoms with Crippen molar-refractivity contribution in [1.82, 2.24) is 5.32 Å². The van der Waals surface area contributed by atoms with Crippen molar-refractivity contribution in [2.24, 2.45) is 0 Å². The minimum Gasteiger partial charge on any atom is -0.487 e. The summed E-state index contributed by atoms with van der Waals surface area (Å²) in [5, 5.41) is 3.49. The monoisotopic (exact) mass is 282 g/mol. The standard InChI is InChI=1S/C18H22N2O/c1-3-19-14(2)12-20-16-9-5-4-8-15(16)13-21-18-11-7-6-10-17(18)20/h4-11,14,19H,3,12-13H2,1-2H3. The molecule has 1 heterocycles. The van der Waals surface area contributed by atoms with Crippen molar-refractivity contribution in [3.8, 4) is 5.75 Å². The van der Waals surface area contributed by atoms with E-state index in [1.54, 1.807) is 0 Å². The Morgan fingerprint density at radius 1 is 1.10 bits per heavy atom. The van der Waals surface area contributed by atoms with E-state index in [1.807, 2.05) is 12.1 Å². The normalized spacial score (nSPS) is 14.7. The molecule has 2 aromatic rings. The summed E-state index contributed by atoms with van der Waals surface area (Å²) in [5.41, 5.74) is 3.62. The molecular formula is C18H22N2O. The zero-order chi connectivity index (χ0) is 14.7. The van der Waals surface area contributed by atoms with Gasteiger partial charge in [0.2, 0.25) is 0 Å². The molecule has 1 unspecified atom stereocenters. The van der Waals surface area contributed by atoms with Gasteiger partial charge >= 0.3 is 0 Å². The third-order valence-corrected chi connectivity index (χ3v) is 3.83. The molecule has 0 amide bonds. The first-order chi connectivity index (χ1) is 10.3.